The summed E-state index contributed by atoms with van der Waals surface area (Å²) in [6, 6.07) is 12.4. The van der Waals surface area contributed by atoms with Crippen molar-refractivity contribution in [3.8, 4) is 0 Å². The molecule has 0 aliphatic rings. The monoisotopic (exact) mass is 496 g/mol. The molecular weight excluding hydrogens is 481 g/mol. The average molecular weight is 497 g/mol. The molecule has 0 spiro atoms. The third-order valence-corrected chi connectivity index (χ3v) is 6.36. The van der Waals surface area contributed by atoms with Crippen LogP contribution in [-0.2, 0) is 21.0 Å². The highest BCUT2D eigenvalue weighted by Gasteiger charge is 2.34. The molecule has 0 unspecified atom stereocenters. The fourth-order valence-corrected chi connectivity index (χ4v) is 4.42. The van der Waals surface area contributed by atoms with Gasteiger partial charge in [-0.25, -0.2) is 13.8 Å². The van der Waals surface area contributed by atoms with Gasteiger partial charge in [-0.15, -0.1) is 0 Å². The lowest BCUT2D eigenvalue weighted by Gasteiger charge is -2.25. The average Bonchev–Trinajstić information content (AvgIpc) is 2.78. The lowest BCUT2D eigenvalue weighted by atomic mass is 10.2. The Morgan fingerprint density at radius 1 is 1.09 bits per heavy atom. The molecule has 0 saturated carbocycles. The van der Waals surface area contributed by atoms with Crippen LogP contribution in [0.2, 0.25) is 5.02 Å². The van der Waals surface area contributed by atoms with Crippen LogP contribution < -0.4 is 9.73 Å². The van der Waals surface area contributed by atoms with Crippen LogP contribution in [0.5, 0.6) is 0 Å². The minimum atomic E-state index is -4.75. The van der Waals surface area contributed by atoms with E-state index in [0.717, 1.165) is 12.1 Å². The first-order valence-corrected chi connectivity index (χ1v) is 11.1. The summed E-state index contributed by atoms with van der Waals surface area (Å²) in [4.78, 5) is 16.1. The van der Waals surface area contributed by atoms with Gasteiger partial charge in [0.2, 0.25) is 0 Å². The van der Waals surface area contributed by atoms with Gasteiger partial charge in [0.15, 0.2) is 0 Å². The number of hydrazone groups is 1. The number of amides is 1. The van der Waals surface area contributed by atoms with Gasteiger partial charge in [-0.2, -0.15) is 18.3 Å². The molecule has 1 aromatic heterocycles. The van der Waals surface area contributed by atoms with Crippen LogP contribution in [0.4, 0.5) is 18.9 Å². The van der Waals surface area contributed by atoms with Gasteiger partial charge in [0, 0.05) is 12.4 Å². The molecule has 33 heavy (non-hydrogen) atoms. The molecule has 0 aliphatic heterocycles. The molecule has 0 atom stereocenters. The summed E-state index contributed by atoms with van der Waals surface area (Å²) in [5.74, 6) is -0.895. The van der Waals surface area contributed by atoms with Gasteiger partial charge in [-0.1, -0.05) is 29.8 Å². The number of sulfonamides is 1. The molecular formula is C21H16ClF3N4O3S. The molecule has 3 aromatic rings. The molecule has 1 amide bonds. The van der Waals surface area contributed by atoms with Crippen molar-refractivity contribution >= 4 is 39.4 Å². The van der Waals surface area contributed by atoms with Crippen LogP contribution in [-0.4, -0.2) is 32.1 Å². The maximum absolute atomic E-state index is 13.3. The Morgan fingerprint density at radius 3 is 2.39 bits per heavy atom. The number of carbonyl (C=O) groups is 1. The van der Waals surface area contributed by atoms with Crippen LogP contribution in [0.15, 0.2) is 83.1 Å². The van der Waals surface area contributed by atoms with Crippen LogP contribution in [0.3, 0.4) is 0 Å². The Kier molecular flexibility index (Phi) is 7.34. The lowest BCUT2D eigenvalue weighted by molar-refractivity contribution is -0.137. The molecule has 0 saturated heterocycles. The predicted molar refractivity (Wildman–Crippen MR) is 117 cm³/mol. The number of halogens is 4. The summed E-state index contributed by atoms with van der Waals surface area (Å²) in [5.41, 5.74) is 1.15. The second-order valence-electron chi connectivity index (χ2n) is 6.56. The summed E-state index contributed by atoms with van der Waals surface area (Å²) < 4.78 is 66.8. The Bertz CT molecular complexity index is 1250. The molecule has 0 fully saturated rings. The second-order valence-corrected chi connectivity index (χ2v) is 8.83. The van der Waals surface area contributed by atoms with Crippen molar-refractivity contribution in [1.82, 2.24) is 10.4 Å². The van der Waals surface area contributed by atoms with E-state index in [-0.39, 0.29) is 9.92 Å². The van der Waals surface area contributed by atoms with Crippen molar-refractivity contribution < 1.29 is 26.4 Å². The Balaban J connectivity index is 1.97. The van der Waals surface area contributed by atoms with Gasteiger partial charge < -0.3 is 0 Å². The number of anilines is 1. The highest BCUT2D eigenvalue weighted by atomic mass is 35.5. The largest absolute Gasteiger partial charge is 0.416 e. The first kappa shape index (κ1) is 24.2. The first-order valence-electron chi connectivity index (χ1n) is 9.25. The molecule has 2 aromatic carbocycles. The van der Waals surface area contributed by atoms with E-state index in [1.807, 2.05) is 0 Å². The normalized spacial score (nSPS) is 12.0. The van der Waals surface area contributed by atoms with E-state index < -0.39 is 39.9 Å². The number of carbonyl (C=O) groups excluding carboxylic acids is 1. The van der Waals surface area contributed by atoms with E-state index in [1.165, 1.54) is 42.9 Å². The van der Waals surface area contributed by atoms with Crippen molar-refractivity contribution in [2.75, 3.05) is 10.8 Å². The highest BCUT2D eigenvalue weighted by Crippen LogP contribution is 2.37. The number of benzene rings is 2. The van der Waals surface area contributed by atoms with E-state index in [9.17, 15) is 26.4 Å². The fraction of sp³-hybridized carbons (Fsp3) is 0.0952. The smallest absolute Gasteiger partial charge is 0.271 e. The van der Waals surface area contributed by atoms with Gasteiger partial charge in [0.25, 0.3) is 15.9 Å². The number of rotatable bonds is 7. The summed E-state index contributed by atoms with van der Waals surface area (Å²) in [5, 5.41) is 3.45. The standard InChI is InChI=1S/C21H16ClF3N4O3S/c22-18-7-6-16(21(23,24)25)12-19(18)29(33(31,32)17-4-2-1-3-5-17)14-20(30)28-27-13-15-8-10-26-11-9-15/h1-13H,14H2,(H,28,30)/b27-13-. The van der Waals surface area contributed by atoms with Crippen molar-refractivity contribution in [2.45, 2.75) is 11.1 Å². The molecule has 0 aliphatic carbocycles. The number of hydrogen-bond acceptors (Lipinski definition) is 5. The summed E-state index contributed by atoms with van der Waals surface area (Å²) in [7, 11) is -4.45. The third kappa shape index (κ3) is 6.08. The summed E-state index contributed by atoms with van der Waals surface area (Å²) in [6.07, 6.45) is -0.439. The quantitative estimate of drug-likeness (QED) is 0.394. The van der Waals surface area contributed by atoms with Crippen molar-refractivity contribution in [2.24, 2.45) is 5.10 Å². The van der Waals surface area contributed by atoms with E-state index >= 15 is 0 Å². The molecule has 172 valence electrons. The maximum atomic E-state index is 13.3. The Labute approximate surface area is 192 Å². The SMILES string of the molecule is O=C(CN(c1cc(C(F)(F)F)ccc1Cl)S(=O)(=O)c1ccccc1)N/N=C\c1ccncc1. The van der Waals surface area contributed by atoms with Crippen LogP contribution in [0, 0.1) is 0 Å². The Morgan fingerprint density at radius 2 is 1.76 bits per heavy atom. The Hall–Kier alpha value is -3.44. The van der Waals surface area contributed by atoms with Gasteiger partial charge >= 0.3 is 6.18 Å². The van der Waals surface area contributed by atoms with E-state index in [0.29, 0.717) is 15.9 Å². The van der Waals surface area contributed by atoms with Crippen LogP contribution >= 0.6 is 11.6 Å². The van der Waals surface area contributed by atoms with Crippen molar-refractivity contribution in [3.63, 3.8) is 0 Å². The van der Waals surface area contributed by atoms with E-state index in [1.54, 1.807) is 18.2 Å². The van der Waals surface area contributed by atoms with Gasteiger partial charge in [-0.3, -0.25) is 14.1 Å². The van der Waals surface area contributed by atoms with Crippen molar-refractivity contribution in [1.29, 1.82) is 0 Å². The number of pyridine rings is 1. The number of nitrogens with zero attached hydrogens (tertiary/aromatic N) is 3. The molecule has 3 rings (SSSR count). The topological polar surface area (TPSA) is 91.7 Å². The number of hydrogen-bond donors (Lipinski definition) is 1. The molecule has 1 N–H and O–H groups in total. The number of nitrogens with one attached hydrogen (secondary N) is 1. The first-order chi connectivity index (χ1) is 15.6. The van der Waals surface area contributed by atoms with Crippen LogP contribution in [0.25, 0.3) is 0 Å². The maximum Gasteiger partial charge on any atom is 0.416 e. The molecule has 7 nitrogen and oxygen atoms in total. The summed E-state index contributed by atoms with van der Waals surface area (Å²) >= 11 is 6.06. The molecule has 0 radical (unpaired) electrons. The zero-order chi connectivity index (χ0) is 24.1. The fourth-order valence-electron chi connectivity index (χ4n) is 2.69. The lowest BCUT2D eigenvalue weighted by Crippen LogP contribution is -2.40. The molecule has 0 bridgehead atoms. The minimum Gasteiger partial charge on any atom is -0.271 e. The highest BCUT2D eigenvalue weighted by molar-refractivity contribution is 7.92. The molecule has 12 heteroatoms. The zero-order valence-corrected chi connectivity index (χ0v) is 18.3. The number of aromatic nitrogens is 1. The number of alkyl halides is 3. The van der Waals surface area contributed by atoms with Gasteiger partial charge in [0.05, 0.1) is 27.4 Å². The van der Waals surface area contributed by atoms with E-state index in [2.05, 4.69) is 15.5 Å². The second kappa shape index (κ2) is 10.0. The minimum absolute atomic E-state index is 0.230. The molecule has 1 heterocycles. The summed E-state index contributed by atoms with van der Waals surface area (Å²) in [6.45, 7) is -0.869. The van der Waals surface area contributed by atoms with Crippen molar-refractivity contribution in [3.05, 3.63) is 89.2 Å². The van der Waals surface area contributed by atoms with Gasteiger partial charge in [0.1, 0.15) is 6.54 Å². The van der Waals surface area contributed by atoms with Crippen LogP contribution in [0.1, 0.15) is 11.1 Å². The van der Waals surface area contributed by atoms with Gasteiger partial charge in [-0.05, 0) is 48.0 Å². The third-order valence-electron chi connectivity index (χ3n) is 4.27. The van der Waals surface area contributed by atoms with E-state index in [4.69, 9.17) is 11.6 Å². The predicted octanol–water partition coefficient (Wildman–Crippen LogP) is 4.10. The zero-order valence-electron chi connectivity index (χ0n) is 16.7.